The number of carbonyl (C=O) groups excluding carboxylic acids is 1. The van der Waals surface area contributed by atoms with Gasteiger partial charge in [0, 0.05) is 20.8 Å². The average molecular weight is 252 g/mol. The number of nitrogens with one attached hydrogen (secondary N) is 1. The molecule has 18 heavy (non-hydrogen) atoms. The van der Waals surface area contributed by atoms with E-state index in [2.05, 4.69) is 5.32 Å². The van der Waals surface area contributed by atoms with Crippen LogP contribution in [0, 0.1) is 0 Å². The Morgan fingerprint density at radius 2 is 1.94 bits per heavy atom. The van der Waals surface area contributed by atoms with Crippen LogP contribution in [0.4, 0.5) is 0 Å². The first-order valence-electron chi connectivity index (χ1n) is 5.78. The van der Waals surface area contributed by atoms with Crippen LogP contribution in [0.25, 0.3) is 0 Å². The van der Waals surface area contributed by atoms with Crippen LogP contribution in [-0.2, 0) is 20.9 Å². The number of hydrogen-bond donors (Lipinski definition) is 2. The van der Waals surface area contributed by atoms with Crippen LogP contribution >= 0.6 is 0 Å². The Kier molecular flexibility index (Phi) is 6.35. The van der Waals surface area contributed by atoms with Crippen LogP contribution in [0.1, 0.15) is 17.2 Å². The van der Waals surface area contributed by atoms with E-state index in [1.165, 1.54) is 0 Å². The summed E-state index contributed by atoms with van der Waals surface area (Å²) in [4.78, 5) is 11.4. The number of amides is 1. The van der Waals surface area contributed by atoms with E-state index in [9.17, 15) is 4.79 Å². The van der Waals surface area contributed by atoms with Crippen molar-refractivity contribution < 1.29 is 14.3 Å². The van der Waals surface area contributed by atoms with Crippen molar-refractivity contribution in [1.29, 1.82) is 0 Å². The Morgan fingerprint density at radius 3 is 2.44 bits per heavy atom. The van der Waals surface area contributed by atoms with Crippen LogP contribution in [0.3, 0.4) is 0 Å². The highest BCUT2D eigenvalue weighted by atomic mass is 16.5. The molecule has 0 saturated carbocycles. The third kappa shape index (κ3) is 4.44. The van der Waals surface area contributed by atoms with Gasteiger partial charge in [-0.15, -0.1) is 0 Å². The lowest BCUT2D eigenvalue weighted by Gasteiger charge is -2.16. The topological polar surface area (TPSA) is 73.6 Å². The largest absolute Gasteiger partial charge is 0.383 e. The van der Waals surface area contributed by atoms with Crippen LogP contribution in [-0.4, -0.2) is 33.3 Å². The molecule has 0 aliphatic rings. The van der Waals surface area contributed by atoms with E-state index in [4.69, 9.17) is 15.2 Å². The summed E-state index contributed by atoms with van der Waals surface area (Å²) in [5.41, 5.74) is 7.28. The van der Waals surface area contributed by atoms with Gasteiger partial charge in [-0.2, -0.15) is 0 Å². The van der Waals surface area contributed by atoms with Gasteiger partial charge in [-0.25, -0.2) is 0 Å². The minimum Gasteiger partial charge on any atom is -0.383 e. The molecule has 5 heteroatoms. The Hall–Kier alpha value is -1.43. The standard InChI is InChI=1S/C13H20N2O3/c1-17-8-7-15-12(13(14)16)11-5-3-10(4-6-11)9-18-2/h3-6,12,15H,7-9H2,1-2H3,(H2,14,16). The van der Waals surface area contributed by atoms with Crippen molar-refractivity contribution in [3.8, 4) is 0 Å². The number of hydrogen-bond acceptors (Lipinski definition) is 4. The molecule has 1 rings (SSSR count). The molecule has 0 spiro atoms. The molecule has 1 atom stereocenters. The predicted octanol–water partition coefficient (Wildman–Crippen LogP) is 0.595. The number of rotatable bonds is 8. The molecule has 0 aliphatic carbocycles. The molecule has 0 bridgehead atoms. The van der Waals surface area contributed by atoms with Crippen molar-refractivity contribution in [2.45, 2.75) is 12.6 Å². The lowest BCUT2D eigenvalue weighted by atomic mass is 10.0. The van der Waals surface area contributed by atoms with Crippen molar-refractivity contribution in [3.05, 3.63) is 35.4 Å². The molecule has 0 saturated heterocycles. The summed E-state index contributed by atoms with van der Waals surface area (Å²) in [6, 6.07) is 7.11. The average Bonchev–Trinajstić information content (AvgIpc) is 2.36. The monoisotopic (exact) mass is 252 g/mol. The SMILES string of the molecule is COCCNC(C(N)=O)c1ccc(COC)cc1. The van der Waals surface area contributed by atoms with Crippen LogP contribution in [0.15, 0.2) is 24.3 Å². The van der Waals surface area contributed by atoms with Gasteiger partial charge in [-0.3, -0.25) is 10.1 Å². The molecule has 0 heterocycles. The maximum Gasteiger partial charge on any atom is 0.239 e. The number of benzene rings is 1. The molecule has 0 aliphatic heterocycles. The maximum atomic E-state index is 11.4. The zero-order valence-corrected chi connectivity index (χ0v) is 10.8. The van der Waals surface area contributed by atoms with E-state index >= 15 is 0 Å². The summed E-state index contributed by atoms with van der Waals surface area (Å²) < 4.78 is 9.96. The highest BCUT2D eigenvalue weighted by Crippen LogP contribution is 2.14. The first-order valence-corrected chi connectivity index (χ1v) is 5.78. The van der Waals surface area contributed by atoms with Crippen LogP contribution < -0.4 is 11.1 Å². The third-order valence-corrected chi connectivity index (χ3v) is 2.56. The van der Waals surface area contributed by atoms with E-state index in [0.29, 0.717) is 19.8 Å². The summed E-state index contributed by atoms with van der Waals surface area (Å²) in [5, 5.41) is 3.06. The molecule has 0 aromatic heterocycles. The second-order valence-corrected chi connectivity index (χ2v) is 3.96. The Bertz CT molecular complexity index is 365. The van der Waals surface area contributed by atoms with Gasteiger partial charge in [-0.1, -0.05) is 24.3 Å². The van der Waals surface area contributed by atoms with Crippen molar-refractivity contribution in [1.82, 2.24) is 5.32 Å². The quantitative estimate of drug-likeness (QED) is 0.664. The Labute approximate surface area is 107 Å². The Morgan fingerprint density at radius 1 is 1.28 bits per heavy atom. The van der Waals surface area contributed by atoms with Crippen molar-refractivity contribution in [2.75, 3.05) is 27.4 Å². The van der Waals surface area contributed by atoms with Gasteiger partial charge in [0.1, 0.15) is 6.04 Å². The van der Waals surface area contributed by atoms with Gasteiger partial charge in [0.25, 0.3) is 0 Å². The predicted molar refractivity (Wildman–Crippen MR) is 69.0 cm³/mol. The molecular weight excluding hydrogens is 232 g/mol. The van der Waals surface area contributed by atoms with Gasteiger partial charge < -0.3 is 15.2 Å². The fraction of sp³-hybridized carbons (Fsp3) is 0.462. The van der Waals surface area contributed by atoms with Crippen LogP contribution in [0.5, 0.6) is 0 Å². The van der Waals surface area contributed by atoms with Gasteiger partial charge in [0.2, 0.25) is 5.91 Å². The molecule has 3 N–H and O–H groups in total. The molecule has 1 aromatic rings. The summed E-state index contributed by atoms with van der Waals surface area (Å²) in [7, 11) is 3.26. The molecule has 100 valence electrons. The van der Waals surface area contributed by atoms with E-state index in [1.807, 2.05) is 24.3 Å². The minimum absolute atomic E-state index is 0.398. The zero-order valence-electron chi connectivity index (χ0n) is 10.8. The fourth-order valence-electron chi connectivity index (χ4n) is 1.66. The van der Waals surface area contributed by atoms with Crippen molar-refractivity contribution in [3.63, 3.8) is 0 Å². The smallest absolute Gasteiger partial charge is 0.239 e. The second kappa shape index (κ2) is 7.81. The number of primary amides is 1. The van der Waals surface area contributed by atoms with Crippen molar-refractivity contribution in [2.24, 2.45) is 5.73 Å². The number of nitrogens with two attached hydrogens (primary N) is 1. The van der Waals surface area contributed by atoms with Gasteiger partial charge in [0.15, 0.2) is 0 Å². The van der Waals surface area contributed by atoms with E-state index in [1.54, 1.807) is 14.2 Å². The third-order valence-electron chi connectivity index (χ3n) is 2.56. The fourth-order valence-corrected chi connectivity index (χ4v) is 1.66. The molecule has 1 unspecified atom stereocenters. The first kappa shape index (κ1) is 14.6. The van der Waals surface area contributed by atoms with E-state index in [0.717, 1.165) is 11.1 Å². The highest BCUT2D eigenvalue weighted by Gasteiger charge is 2.16. The molecule has 0 radical (unpaired) electrons. The number of carbonyl (C=O) groups is 1. The van der Waals surface area contributed by atoms with E-state index < -0.39 is 11.9 Å². The maximum absolute atomic E-state index is 11.4. The summed E-state index contributed by atoms with van der Waals surface area (Å²) >= 11 is 0. The molecule has 1 amide bonds. The lowest BCUT2D eigenvalue weighted by molar-refractivity contribution is -0.120. The highest BCUT2D eigenvalue weighted by molar-refractivity contribution is 5.81. The lowest BCUT2D eigenvalue weighted by Crippen LogP contribution is -2.35. The molecular formula is C13H20N2O3. The first-order chi connectivity index (χ1) is 8.69. The second-order valence-electron chi connectivity index (χ2n) is 3.96. The normalized spacial score (nSPS) is 12.3. The minimum atomic E-state index is -0.489. The number of ether oxygens (including phenoxy) is 2. The summed E-state index contributed by atoms with van der Waals surface area (Å²) in [5.74, 6) is -0.398. The van der Waals surface area contributed by atoms with Crippen molar-refractivity contribution >= 4 is 5.91 Å². The zero-order chi connectivity index (χ0) is 13.4. The van der Waals surface area contributed by atoms with Gasteiger partial charge >= 0.3 is 0 Å². The van der Waals surface area contributed by atoms with Gasteiger partial charge in [0.05, 0.1) is 13.2 Å². The summed E-state index contributed by atoms with van der Waals surface area (Å²) in [6.07, 6.45) is 0. The van der Waals surface area contributed by atoms with Gasteiger partial charge in [-0.05, 0) is 11.1 Å². The van der Waals surface area contributed by atoms with E-state index in [-0.39, 0.29) is 0 Å². The molecule has 1 aromatic carbocycles. The Balaban J connectivity index is 2.69. The van der Waals surface area contributed by atoms with Crippen LogP contribution in [0.2, 0.25) is 0 Å². The summed E-state index contributed by atoms with van der Waals surface area (Å²) in [6.45, 7) is 1.66. The number of methoxy groups -OCH3 is 2. The molecule has 5 nitrogen and oxygen atoms in total. The molecule has 0 fully saturated rings.